The molecule has 0 atom stereocenters. The molecule has 4 saturated carbocycles. The molecule has 0 unspecified atom stereocenters. The summed E-state index contributed by atoms with van der Waals surface area (Å²) in [4.78, 5) is 14.8. The van der Waals surface area contributed by atoms with Crippen LogP contribution in [0.2, 0.25) is 0 Å². The molecule has 4 bridgehead atoms. The number of carbonyl (C=O) groups excluding carboxylic acids is 1. The highest BCUT2D eigenvalue weighted by Crippen LogP contribution is 2.61. The van der Waals surface area contributed by atoms with Crippen LogP contribution in [-0.2, 0) is 14.6 Å². The van der Waals surface area contributed by atoms with Gasteiger partial charge in [-0.05, 0) is 74.5 Å². The second kappa shape index (κ2) is 5.47. The third-order valence-corrected chi connectivity index (χ3v) is 8.77. The van der Waals surface area contributed by atoms with Crippen molar-refractivity contribution in [2.24, 2.45) is 23.2 Å². The fourth-order valence-corrected chi connectivity index (χ4v) is 7.54. The molecule has 0 N–H and O–H groups in total. The Bertz CT molecular complexity index is 554. The summed E-state index contributed by atoms with van der Waals surface area (Å²) in [6.07, 6.45) is 11.3. The van der Waals surface area contributed by atoms with Gasteiger partial charge in [-0.15, -0.1) is 0 Å². The molecule has 5 heteroatoms. The minimum Gasteiger partial charge on any atom is -0.343 e. The molecule has 4 aliphatic carbocycles. The molecule has 0 spiro atoms. The van der Waals surface area contributed by atoms with Crippen LogP contribution in [0.25, 0.3) is 0 Å². The van der Waals surface area contributed by atoms with Crippen molar-refractivity contribution in [3.63, 3.8) is 0 Å². The van der Waals surface area contributed by atoms with Crippen LogP contribution in [0.1, 0.15) is 57.8 Å². The molecule has 1 heterocycles. The first-order valence-corrected chi connectivity index (χ1v) is 11.3. The maximum absolute atomic E-state index is 12.8. The Labute approximate surface area is 139 Å². The lowest BCUT2D eigenvalue weighted by molar-refractivity contribution is -0.140. The highest BCUT2D eigenvalue weighted by molar-refractivity contribution is 7.91. The van der Waals surface area contributed by atoms with E-state index < -0.39 is 9.84 Å². The van der Waals surface area contributed by atoms with Gasteiger partial charge in [-0.3, -0.25) is 4.79 Å². The van der Waals surface area contributed by atoms with E-state index in [2.05, 4.69) is 0 Å². The van der Waals surface area contributed by atoms with Crippen LogP contribution in [0.5, 0.6) is 0 Å². The zero-order valence-electron chi connectivity index (χ0n) is 14.2. The summed E-state index contributed by atoms with van der Waals surface area (Å²) in [5.74, 6) is 2.93. The average molecular weight is 340 g/mol. The van der Waals surface area contributed by atoms with Crippen molar-refractivity contribution in [2.45, 2.75) is 63.0 Å². The summed E-state index contributed by atoms with van der Waals surface area (Å²) in [7, 11) is -2.96. The smallest absolute Gasteiger partial charge is 0.223 e. The molecule has 1 amide bonds. The zero-order valence-corrected chi connectivity index (χ0v) is 15.0. The van der Waals surface area contributed by atoms with Gasteiger partial charge in [-0.2, -0.15) is 0 Å². The maximum atomic E-state index is 12.8. The van der Waals surface area contributed by atoms with Crippen molar-refractivity contribution >= 4 is 15.7 Å². The fourth-order valence-electron chi connectivity index (χ4n) is 6.47. The van der Waals surface area contributed by atoms with Gasteiger partial charge in [0.2, 0.25) is 5.91 Å². The lowest BCUT2D eigenvalue weighted by Crippen LogP contribution is -2.49. The Balaban J connectivity index is 1.38. The van der Waals surface area contributed by atoms with Crippen molar-refractivity contribution < 1.29 is 13.2 Å². The van der Waals surface area contributed by atoms with Crippen LogP contribution in [0.4, 0.5) is 0 Å². The van der Waals surface area contributed by atoms with Gasteiger partial charge in [-0.25, -0.2) is 8.42 Å². The molecule has 23 heavy (non-hydrogen) atoms. The number of hydrogen-bond acceptors (Lipinski definition) is 3. The van der Waals surface area contributed by atoms with E-state index in [-0.39, 0.29) is 5.25 Å². The molecular weight excluding hydrogens is 310 g/mol. The summed E-state index contributed by atoms with van der Waals surface area (Å²) in [6.45, 7) is 1.26. The molecule has 0 aromatic carbocycles. The van der Waals surface area contributed by atoms with Gasteiger partial charge in [0.15, 0.2) is 0 Å². The van der Waals surface area contributed by atoms with Gasteiger partial charge in [0.25, 0.3) is 0 Å². The first-order valence-electron chi connectivity index (χ1n) is 9.30. The minimum atomic E-state index is -2.96. The van der Waals surface area contributed by atoms with Gasteiger partial charge in [0, 0.05) is 25.8 Å². The SMILES string of the molecule is CS(=O)(=O)C1CCN(C(=O)CC23CC4CC(CC(C4)C2)C3)CC1. The van der Waals surface area contributed by atoms with Crippen molar-refractivity contribution in [2.75, 3.05) is 19.3 Å². The van der Waals surface area contributed by atoms with Crippen LogP contribution in [0, 0.1) is 23.2 Å². The number of carbonyl (C=O) groups is 1. The number of sulfone groups is 1. The van der Waals surface area contributed by atoms with Gasteiger partial charge in [0.1, 0.15) is 9.84 Å². The van der Waals surface area contributed by atoms with Crippen LogP contribution in [-0.4, -0.2) is 43.8 Å². The third kappa shape index (κ3) is 3.06. The molecule has 0 radical (unpaired) electrons. The number of likely N-dealkylation sites (tertiary alicyclic amines) is 1. The zero-order chi connectivity index (χ0) is 16.2. The van der Waals surface area contributed by atoms with E-state index in [1.807, 2.05) is 4.90 Å². The molecule has 0 aromatic heterocycles. The van der Waals surface area contributed by atoms with Crippen LogP contribution in [0.3, 0.4) is 0 Å². The molecule has 5 fully saturated rings. The van der Waals surface area contributed by atoms with E-state index in [0.717, 1.165) is 24.2 Å². The molecule has 5 rings (SSSR count). The highest BCUT2D eigenvalue weighted by Gasteiger charge is 2.51. The number of amides is 1. The Kier molecular flexibility index (Phi) is 3.78. The van der Waals surface area contributed by atoms with E-state index in [0.29, 0.717) is 37.3 Å². The fraction of sp³-hybridized carbons (Fsp3) is 0.944. The quantitative estimate of drug-likeness (QED) is 0.794. The van der Waals surface area contributed by atoms with E-state index in [1.54, 1.807) is 0 Å². The Morgan fingerprint density at radius 2 is 1.48 bits per heavy atom. The predicted molar refractivity (Wildman–Crippen MR) is 89.7 cm³/mol. The first kappa shape index (κ1) is 15.9. The van der Waals surface area contributed by atoms with Crippen LogP contribution in [0.15, 0.2) is 0 Å². The third-order valence-electron chi connectivity index (χ3n) is 7.09. The molecule has 1 saturated heterocycles. The van der Waals surface area contributed by atoms with Crippen molar-refractivity contribution in [3.05, 3.63) is 0 Å². The summed E-state index contributed by atoms with van der Waals surface area (Å²) >= 11 is 0. The molecule has 1 aliphatic heterocycles. The largest absolute Gasteiger partial charge is 0.343 e. The van der Waals surface area contributed by atoms with E-state index in [4.69, 9.17) is 0 Å². The lowest BCUT2D eigenvalue weighted by atomic mass is 9.49. The average Bonchev–Trinajstić information content (AvgIpc) is 2.44. The molecular formula is C18H29NO3S. The van der Waals surface area contributed by atoms with E-state index in [1.165, 1.54) is 44.8 Å². The van der Waals surface area contributed by atoms with Gasteiger partial charge in [0.05, 0.1) is 5.25 Å². The first-order chi connectivity index (χ1) is 10.8. The Morgan fingerprint density at radius 3 is 1.91 bits per heavy atom. The second-order valence-corrected chi connectivity index (χ2v) is 11.3. The normalized spacial score (nSPS) is 40.6. The second-order valence-electron chi connectivity index (χ2n) is 9.00. The number of piperidine rings is 1. The standard InChI is InChI=1S/C18H29NO3S/c1-23(21,22)16-2-4-19(5-3-16)17(20)12-18-9-13-6-14(10-18)8-15(7-13)11-18/h13-16H,2-12H2,1H3. The van der Waals surface area contributed by atoms with Gasteiger partial charge >= 0.3 is 0 Å². The molecule has 130 valence electrons. The highest BCUT2D eigenvalue weighted by atomic mass is 32.2. The molecule has 0 aromatic rings. The Hall–Kier alpha value is -0.580. The number of rotatable bonds is 3. The predicted octanol–water partition coefficient (Wildman–Crippen LogP) is 2.63. The van der Waals surface area contributed by atoms with Gasteiger partial charge in [-0.1, -0.05) is 0 Å². The maximum Gasteiger partial charge on any atom is 0.223 e. The molecule has 4 nitrogen and oxygen atoms in total. The van der Waals surface area contributed by atoms with E-state index in [9.17, 15) is 13.2 Å². The summed E-state index contributed by atoms with van der Waals surface area (Å²) in [6, 6.07) is 0. The summed E-state index contributed by atoms with van der Waals surface area (Å²) < 4.78 is 23.3. The van der Waals surface area contributed by atoms with E-state index >= 15 is 0 Å². The van der Waals surface area contributed by atoms with Crippen LogP contribution < -0.4 is 0 Å². The van der Waals surface area contributed by atoms with Gasteiger partial charge < -0.3 is 4.90 Å². The molecule has 5 aliphatic rings. The lowest BCUT2D eigenvalue weighted by Gasteiger charge is -2.57. The number of hydrogen-bond donors (Lipinski definition) is 0. The Morgan fingerprint density at radius 1 is 1.00 bits per heavy atom. The van der Waals surface area contributed by atoms with Crippen LogP contribution >= 0.6 is 0 Å². The topological polar surface area (TPSA) is 54.5 Å². The minimum absolute atomic E-state index is 0.244. The van der Waals surface area contributed by atoms with Crippen molar-refractivity contribution in [3.8, 4) is 0 Å². The summed E-state index contributed by atoms with van der Waals surface area (Å²) in [5, 5.41) is -0.244. The van der Waals surface area contributed by atoms with Crippen molar-refractivity contribution in [1.29, 1.82) is 0 Å². The number of nitrogens with zero attached hydrogens (tertiary/aromatic N) is 1. The monoisotopic (exact) mass is 339 g/mol. The summed E-state index contributed by atoms with van der Waals surface area (Å²) in [5.41, 5.74) is 0.291. The van der Waals surface area contributed by atoms with Crippen molar-refractivity contribution in [1.82, 2.24) is 4.90 Å².